The molecule has 0 spiro atoms. The van der Waals surface area contributed by atoms with Gasteiger partial charge < -0.3 is 15.6 Å². The van der Waals surface area contributed by atoms with Crippen LogP contribution in [0.3, 0.4) is 0 Å². The summed E-state index contributed by atoms with van der Waals surface area (Å²) in [5.41, 5.74) is 5.63. The van der Waals surface area contributed by atoms with Crippen LogP contribution in [0.5, 0.6) is 5.75 Å². The second-order valence-corrected chi connectivity index (χ2v) is 5.20. The summed E-state index contributed by atoms with van der Waals surface area (Å²) in [5, 5.41) is 10.1. The molecule has 100 valence electrons. The third-order valence-electron chi connectivity index (χ3n) is 3.51. The first-order chi connectivity index (χ1) is 8.50. The van der Waals surface area contributed by atoms with Crippen LogP contribution in [-0.4, -0.2) is 17.3 Å². The van der Waals surface area contributed by atoms with Gasteiger partial charge in [0.1, 0.15) is 6.61 Å². The van der Waals surface area contributed by atoms with E-state index in [0.717, 1.165) is 31.2 Å². The molecule has 1 fully saturated rings. The molecule has 0 heterocycles. The van der Waals surface area contributed by atoms with Gasteiger partial charge in [-0.05, 0) is 37.5 Å². The zero-order valence-corrected chi connectivity index (χ0v) is 10.7. The molecule has 1 atom stereocenters. The summed E-state index contributed by atoms with van der Waals surface area (Å²) in [6, 6.07) is 4.51. The van der Waals surface area contributed by atoms with Gasteiger partial charge in [0.05, 0.1) is 5.60 Å². The molecular formula is C14H20FNO2. The Morgan fingerprint density at radius 1 is 1.44 bits per heavy atom. The molecule has 0 unspecified atom stereocenters. The minimum absolute atomic E-state index is 0.154. The van der Waals surface area contributed by atoms with E-state index in [9.17, 15) is 9.50 Å². The van der Waals surface area contributed by atoms with Gasteiger partial charge in [0, 0.05) is 6.04 Å². The molecule has 3 N–H and O–H groups in total. The molecule has 2 rings (SSSR count). The van der Waals surface area contributed by atoms with Crippen molar-refractivity contribution in [2.45, 2.75) is 44.2 Å². The van der Waals surface area contributed by atoms with E-state index in [1.807, 2.05) is 0 Å². The summed E-state index contributed by atoms with van der Waals surface area (Å²) in [5.74, 6) is -0.244. The maximum absolute atomic E-state index is 13.7. The number of nitrogens with two attached hydrogens (primary N) is 1. The van der Waals surface area contributed by atoms with Crippen LogP contribution >= 0.6 is 0 Å². The van der Waals surface area contributed by atoms with Gasteiger partial charge in [-0.15, -0.1) is 0 Å². The zero-order valence-electron chi connectivity index (χ0n) is 10.7. The third kappa shape index (κ3) is 3.00. The number of rotatable bonds is 4. The van der Waals surface area contributed by atoms with Crippen molar-refractivity contribution in [2.75, 3.05) is 6.61 Å². The highest BCUT2D eigenvalue weighted by Gasteiger charge is 2.32. The molecular weight excluding hydrogens is 233 g/mol. The molecule has 1 aromatic rings. The number of aliphatic hydroxyl groups is 1. The fourth-order valence-corrected chi connectivity index (χ4v) is 2.31. The van der Waals surface area contributed by atoms with Gasteiger partial charge >= 0.3 is 0 Å². The Balaban J connectivity index is 2.01. The van der Waals surface area contributed by atoms with Crippen LogP contribution in [0.4, 0.5) is 4.39 Å². The van der Waals surface area contributed by atoms with E-state index in [-0.39, 0.29) is 18.4 Å². The molecule has 0 amide bonds. The van der Waals surface area contributed by atoms with Gasteiger partial charge in [0.15, 0.2) is 11.6 Å². The second kappa shape index (κ2) is 5.24. The maximum atomic E-state index is 13.7. The average molecular weight is 253 g/mol. The highest BCUT2D eigenvalue weighted by molar-refractivity contribution is 5.30. The Kier molecular flexibility index (Phi) is 3.88. The van der Waals surface area contributed by atoms with Crippen LogP contribution in [0.1, 0.15) is 44.2 Å². The number of hydrogen-bond acceptors (Lipinski definition) is 3. The van der Waals surface area contributed by atoms with Crippen LogP contribution in [0, 0.1) is 5.82 Å². The summed E-state index contributed by atoms with van der Waals surface area (Å²) >= 11 is 0. The molecule has 1 saturated carbocycles. The Hall–Kier alpha value is -1.13. The van der Waals surface area contributed by atoms with E-state index in [1.165, 1.54) is 6.07 Å². The zero-order chi connectivity index (χ0) is 13.2. The lowest BCUT2D eigenvalue weighted by Gasteiger charge is -2.22. The van der Waals surface area contributed by atoms with Crippen LogP contribution in [0.2, 0.25) is 0 Å². The summed E-state index contributed by atoms with van der Waals surface area (Å²) in [4.78, 5) is 0. The Labute approximate surface area is 107 Å². The van der Waals surface area contributed by atoms with E-state index in [4.69, 9.17) is 10.5 Å². The van der Waals surface area contributed by atoms with Gasteiger partial charge in [0.25, 0.3) is 0 Å². The number of hydrogen-bond donors (Lipinski definition) is 2. The molecule has 4 heteroatoms. The van der Waals surface area contributed by atoms with Crippen molar-refractivity contribution in [2.24, 2.45) is 5.73 Å². The van der Waals surface area contributed by atoms with Gasteiger partial charge in [0.2, 0.25) is 0 Å². The van der Waals surface area contributed by atoms with Crippen molar-refractivity contribution in [3.05, 3.63) is 29.6 Å². The summed E-state index contributed by atoms with van der Waals surface area (Å²) in [7, 11) is 0. The topological polar surface area (TPSA) is 55.5 Å². The molecule has 1 aliphatic rings. The van der Waals surface area contributed by atoms with Gasteiger partial charge in [-0.2, -0.15) is 0 Å². The van der Waals surface area contributed by atoms with Crippen molar-refractivity contribution in [1.82, 2.24) is 0 Å². The summed E-state index contributed by atoms with van der Waals surface area (Å²) in [6.07, 6.45) is 3.47. The van der Waals surface area contributed by atoms with Crippen molar-refractivity contribution < 1.29 is 14.2 Å². The number of halogens is 1. The predicted octanol–water partition coefficient (Wildman–Crippen LogP) is 2.53. The third-order valence-corrected chi connectivity index (χ3v) is 3.51. The standard InChI is InChI=1S/C14H20FNO2/c1-10(16)11-4-5-13(12(15)8-11)18-9-14(17)6-2-3-7-14/h4-5,8,10,17H,2-3,6-7,9,16H2,1H3/t10-/m0/s1. The molecule has 0 saturated heterocycles. The highest BCUT2D eigenvalue weighted by atomic mass is 19.1. The van der Waals surface area contributed by atoms with E-state index < -0.39 is 11.4 Å². The van der Waals surface area contributed by atoms with Crippen LogP contribution in [0.25, 0.3) is 0 Å². The average Bonchev–Trinajstić information content (AvgIpc) is 2.75. The summed E-state index contributed by atoms with van der Waals surface area (Å²) in [6.45, 7) is 1.96. The Morgan fingerprint density at radius 3 is 2.67 bits per heavy atom. The number of benzene rings is 1. The van der Waals surface area contributed by atoms with E-state index in [2.05, 4.69) is 0 Å². The number of ether oxygens (including phenoxy) is 1. The summed E-state index contributed by atoms with van der Waals surface area (Å²) < 4.78 is 19.1. The molecule has 0 aromatic heterocycles. The molecule has 1 aromatic carbocycles. The lowest BCUT2D eigenvalue weighted by molar-refractivity contribution is 0.000323. The maximum Gasteiger partial charge on any atom is 0.165 e. The monoisotopic (exact) mass is 253 g/mol. The largest absolute Gasteiger partial charge is 0.488 e. The van der Waals surface area contributed by atoms with Crippen LogP contribution in [0.15, 0.2) is 18.2 Å². The highest BCUT2D eigenvalue weighted by Crippen LogP contribution is 2.30. The molecule has 1 aliphatic carbocycles. The van der Waals surface area contributed by atoms with Crippen LogP contribution < -0.4 is 10.5 Å². The molecule has 3 nitrogen and oxygen atoms in total. The van der Waals surface area contributed by atoms with Gasteiger partial charge in [-0.1, -0.05) is 18.9 Å². The smallest absolute Gasteiger partial charge is 0.165 e. The van der Waals surface area contributed by atoms with E-state index >= 15 is 0 Å². The molecule has 18 heavy (non-hydrogen) atoms. The van der Waals surface area contributed by atoms with E-state index in [0.29, 0.717) is 0 Å². The molecule has 0 bridgehead atoms. The molecule has 0 radical (unpaired) electrons. The van der Waals surface area contributed by atoms with E-state index in [1.54, 1.807) is 19.1 Å². The van der Waals surface area contributed by atoms with Crippen molar-refractivity contribution in [1.29, 1.82) is 0 Å². The Bertz CT molecular complexity index is 414. The lowest BCUT2D eigenvalue weighted by atomic mass is 10.0. The van der Waals surface area contributed by atoms with Gasteiger partial charge in [-0.25, -0.2) is 4.39 Å². The first kappa shape index (κ1) is 13.3. The normalized spacial score (nSPS) is 19.8. The second-order valence-electron chi connectivity index (χ2n) is 5.20. The van der Waals surface area contributed by atoms with Crippen molar-refractivity contribution in [3.8, 4) is 5.75 Å². The van der Waals surface area contributed by atoms with Crippen molar-refractivity contribution in [3.63, 3.8) is 0 Å². The fraction of sp³-hybridized carbons (Fsp3) is 0.571. The minimum atomic E-state index is -0.785. The SMILES string of the molecule is C[C@H](N)c1ccc(OCC2(O)CCCC2)c(F)c1. The van der Waals surface area contributed by atoms with Crippen molar-refractivity contribution >= 4 is 0 Å². The Morgan fingerprint density at radius 2 is 2.11 bits per heavy atom. The fourth-order valence-electron chi connectivity index (χ4n) is 2.31. The first-order valence-electron chi connectivity index (χ1n) is 6.40. The minimum Gasteiger partial charge on any atom is -0.488 e. The van der Waals surface area contributed by atoms with Gasteiger partial charge in [-0.3, -0.25) is 0 Å². The first-order valence-corrected chi connectivity index (χ1v) is 6.40. The predicted molar refractivity (Wildman–Crippen MR) is 67.9 cm³/mol. The molecule has 0 aliphatic heterocycles. The quantitative estimate of drug-likeness (QED) is 0.867. The van der Waals surface area contributed by atoms with Crippen LogP contribution in [-0.2, 0) is 0 Å². The lowest BCUT2D eigenvalue weighted by Crippen LogP contribution is -2.32.